The number of rotatable bonds is 4. The molecular formula is C17H14BrClF3N3O. The van der Waals surface area contributed by atoms with Gasteiger partial charge in [-0.25, -0.2) is 0 Å². The van der Waals surface area contributed by atoms with Gasteiger partial charge in [0.1, 0.15) is 17.8 Å². The molecule has 1 aliphatic rings. The number of hydrogen-bond acceptors (Lipinski definition) is 3. The number of hydrogen-bond donors (Lipinski definition) is 2. The van der Waals surface area contributed by atoms with Crippen molar-refractivity contribution in [3.63, 3.8) is 0 Å². The van der Waals surface area contributed by atoms with Crippen LogP contribution in [0.5, 0.6) is 5.75 Å². The van der Waals surface area contributed by atoms with Gasteiger partial charge in [0.05, 0.1) is 10.6 Å². The molecule has 4 nitrogen and oxygen atoms in total. The van der Waals surface area contributed by atoms with E-state index in [0.717, 1.165) is 36.1 Å². The number of benzene rings is 1. The fourth-order valence-electron chi connectivity index (χ4n) is 2.63. The van der Waals surface area contributed by atoms with Gasteiger partial charge in [-0.15, -0.1) is 0 Å². The number of aromatic nitrogens is 1. The van der Waals surface area contributed by atoms with Crippen LogP contribution in [-0.4, -0.2) is 9.31 Å². The Kier molecular flexibility index (Phi) is 5.16. The van der Waals surface area contributed by atoms with Crippen molar-refractivity contribution in [3.8, 4) is 5.75 Å². The predicted molar refractivity (Wildman–Crippen MR) is 95.1 cm³/mol. The molecule has 1 aliphatic carbocycles. The molecule has 138 valence electrons. The number of nitrogens with one attached hydrogen (secondary N) is 2. The summed E-state index contributed by atoms with van der Waals surface area (Å²) in [5, 5.41) is 15.3. The Labute approximate surface area is 160 Å². The molecule has 3 rings (SSSR count). The van der Waals surface area contributed by atoms with Gasteiger partial charge in [0.2, 0.25) is 0 Å². The van der Waals surface area contributed by atoms with Crippen molar-refractivity contribution in [1.82, 2.24) is 4.57 Å². The van der Waals surface area contributed by atoms with E-state index in [2.05, 4.69) is 15.9 Å². The van der Waals surface area contributed by atoms with Crippen molar-refractivity contribution in [2.45, 2.75) is 31.5 Å². The minimum absolute atomic E-state index is 0.0348. The highest BCUT2D eigenvalue weighted by atomic mass is 79.9. The molecule has 0 aliphatic heterocycles. The standard InChI is InChI=1S/C17H14BrClF3N3O/c18-16(24)25-7-12(9-1-2-9)10(5-15(25)23)8-26-11-3-4-14(19)13(6-11)17(20,21)22/h3-7,9,23-24H,1-2,8H2. The first-order chi connectivity index (χ1) is 12.2. The van der Waals surface area contributed by atoms with E-state index in [-0.39, 0.29) is 27.6 Å². The van der Waals surface area contributed by atoms with Crippen molar-refractivity contribution in [3.05, 3.63) is 57.7 Å². The molecule has 2 aromatic rings. The van der Waals surface area contributed by atoms with Gasteiger partial charge >= 0.3 is 6.18 Å². The first-order valence-electron chi connectivity index (χ1n) is 7.71. The lowest BCUT2D eigenvalue weighted by Crippen LogP contribution is -2.24. The molecule has 1 saturated carbocycles. The molecule has 1 fully saturated rings. The van der Waals surface area contributed by atoms with Crippen LogP contribution in [0.1, 0.15) is 35.4 Å². The van der Waals surface area contributed by atoms with Gasteiger partial charge < -0.3 is 4.74 Å². The summed E-state index contributed by atoms with van der Waals surface area (Å²) in [5.41, 5.74) is 0.807. The lowest BCUT2D eigenvalue weighted by atomic mass is 10.1. The van der Waals surface area contributed by atoms with E-state index in [9.17, 15) is 13.2 Å². The Bertz CT molecular complexity index is 922. The van der Waals surface area contributed by atoms with Crippen molar-refractivity contribution in [2.24, 2.45) is 0 Å². The SMILES string of the molecule is N=C(Br)n1cc(C2CC2)c(COc2ccc(Cl)c(C(F)(F)F)c2)cc1=N. The molecule has 0 spiro atoms. The quantitative estimate of drug-likeness (QED) is 0.485. The first kappa shape index (κ1) is 19.0. The topological polar surface area (TPSA) is 61.9 Å². The third-order valence-electron chi connectivity index (χ3n) is 4.08. The summed E-state index contributed by atoms with van der Waals surface area (Å²) >= 11 is 8.66. The highest BCUT2D eigenvalue weighted by molar-refractivity contribution is 9.18. The van der Waals surface area contributed by atoms with Crippen LogP contribution in [-0.2, 0) is 12.8 Å². The monoisotopic (exact) mass is 447 g/mol. The fraction of sp³-hybridized carbons (Fsp3) is 0.294. The minimum Gasteiger partial charge on any atom is -0.489 e. The maximum Gasteiger partial charge on any atom is 0.417 e. The van der Waals surface area contributed by atoms with Gasteiger partial charge in [-0.05, 0) is 70.1 Å². The normalized spacial score (nSPS) is 14.3. The van der Waals surface area contributed by atoms with Crippen LogP contribution >= 0.6 is 27.5 Å². The Morgan fingerprint density at radius 1 is 1.31 bits per heavy atom. The van der Waals surface area contributed by atoms with Crippen molar-refractivity contribution >= 4 is 32.3 Å². The second-order valence-corrected chi connectivity index (χ2v) is 7.16. The Balaban J connectivity index is 1.87. The first-order valence-corrected chi connectivity index (χ1v) is 8.88. The van der Waals surface area contributed by atoms with Gasteiger partial charge in [-0.2, -0.15) is 13.2 Å². The lowest BCUT2D eigenvalue weighted by molar-refractivity contribution is -0.137. The van der Waals surface area contributed by atoms with Crippen LogP contribution in [0.15, 0.2) is 30.5 Å². The van der Waals surface area contributed by atoms with Crippen LogP contribution in [0, 0.1) is 10.8 Å². The largest absolute Gasteiger partial charge is 0.489 e. The highest BCUT2D eigenvalue weighted by Crippen LogP contribution is 2.42. The molecule has 0 amide bonds. The summed E-state index contributed by atoms with van der Waals surface area (Å²) in [5.74, 6) is 0.378. The number of nitrogens with zero attached hydrogens (tertiary/aromatic N) is 1. The lowest BCUT2D eigenvalue weighted by Gasteiger charge is -2.15. The van der Waals surface area contributed by atoms with Crippen molar-refractivity contribution in [2.75, 3.05) is 0 Å². The average Bonchev–Trinajstić information content (AvgIpc) is 3.37. The highest BCUT2D eigenvalue weighted by Gasteiger charge is 2.33. The van der Waals surface area contributed by atoms with Crippen molar-refractivity contribution in [1.29, 1.82) is 10.8 Å². The second-order valence-electron chi connectivity index (χ2n) is 6.00. The Morgan fingerprint density at radius 2 is 2.00 bits per heavy atom. The molecule has 0 saturated heterocycles. The zero-order valence-electron chi connectivity index (χ0n) is 13.3. The fourth-order valence-corrected chi connectivity index (χ4v) is 3.15. The molecule has 1 aromatic carbocycles. The number of halogens is 5. The summed E-state index contributed by atoms with van der Waals surface area (Å²) in [4.78, 5) is 0. The van der Waals surface area contributed by atoms with E-state index in [1.54, 1.807) is 12.3 Å². The second kappa shape index (κ2) is 7.08. The Hall–Kier alpha value is -1.80. The van der Waals surface area contributed by atoms with Crippen LogP contribution in [0.3, 0.4) is 0 Å². The minimum atomic E-state index is -4.56. The van der Waals surface area contributed by atoms with Gasteiger partial charge in [0.15, 0.2) is 4.74 Å². The zero-order chi connectivity index (χ0) is 19.1. The third-order valence-corrected chi connectivity index (χ3v) is 4.79. The number of ether oxygens (including phenoxy) is 1. The molecule has 2 N–H and O–H groups in total. The average molecular weight is 449 g/mol. The Morgan fingerprint density at radius 3 is 2.58 bits per heavy atom. The van der Waals surface area contributed by atoms with E-state index in [4.69, 9.17) is 27.2 Å². The van der Waals surface area contributed by atoms with E-state index < -0.39 is 11.7 Å². The van der Waals surface area contributed by atoms with Gasteiger partial charge in [0, 0.05) is 6.20 Å². The smallest absolute Gasteiger partial charge is 0.417 e. The molecule has 1 heterocycles. The summed E-state index contributed by atoms with van der Waals surface area (Å²) in [6.45, 7) is 0.0348. The number of alkyl halides is 3. The summed E-state index contributed by atoms with van der Waals surface area (Å²) < 4.78 is 45.8. The van der Waals surface area contributed by atoms with Crippen LogP contribution in [0.4, 0.5) is 13.2 Å². The van der Waals surface area contributed by atoms with E-state index in [1.165, 1.54) is 10.6 Å². The van der Waals surface area contributed by atoms with Gasteiger partial charge in [0.25, 0.3) is 0 Å². The summed E-state index contributed by atoms with van der Waals surface area (Å²) in [7, 11) is 0. The third kappa shape index (κ3) is 4.12. The zero-order valence-corrected chi connectivity index (χ0v) is 15.7. The predicted octanol–water partition coefficient (Wildman–Crippen LogP) is 5.27. The van der Waals surface area contributed by atoms with Gasteiger partial charge in [-0.3, -0.25) is 15.4 Å². The van der Waals surface area contributed by atoms with Crippen LogP contribution in [0.2, 0.25) is 5.02 Å². The molecule has 1 aromatic heterocycles. The maximum absolute atomic E-state index is 13.0. The van der Waals surface area contributed by atoms with E-state index >= 15 is 0 Å². The molecular weight excluding hydrogens is 435 g/mol. The van der Waals surface area contributed by atoms with Crippen LogP contribution in [0.25, 0.3) is 0 Å². The summed E-state index contributed by atoms with van der Waals surface area (Å²) in [6.07, 6.45) is -0.852. The number of pyridine rings is 1. The summed E-state index contributed by atoms with van der Waals surface area (Å²) in [6, 6.07) is 4.98. The van der Waals surface area contributed by atoms with E-state index in [1.807, 2.05) is 0 Å². The van der Waals surface area contributed by atoms with Crippen LogP contribution < -0.4 is 10.2 Å². The van der Waals surface area contributed by atoms with Crippen molar-refractivity contribution < 1.29 is 17.9 Å². The van der Waals surface area contributed by atoms with E-state index in [0.29, 0.717) is 5.92 Å². The molecule has 0 atom stereocenters. The molecule has 0 unspecified atom stereocenters. The van der Waals surface area contributed by atoms with Gasteiger partial charge in [-0.1, -0.05) is 11.6 Å². The molecule has 26 heavy (non-hydrogen) atoms. The molecule has 9 heteroatoms. The molecule has 0 bridgehead atoms. The maximum atomic E-state index is 13.0. The molecule has 0 radical (unpaired) electrons.